The zero-order valence-corrected chi connectivity index (χ0v) is 15.4. The lowest BCUT2D eigenvalue weighted by Crippen LogP contribution is -2.11. The molecule has 1 atom stereocenters. The van der Waals surface area contributed by atoms with Gasteiger partial charge in [0.1, 0.15) is 5.78 Å². The van der Waals surface area contributed by atoms with Gasteiger partial charge in [-0.3, -0.25) is 9.48 Å². The van der Waals surface area contributed by atoms with Crippen molar-refractivity contribution in [3.05, 3.63) is 52.3 Å². The van der Waals surface area contributed by atoms with Gasteiger partial charge in [0.15, 0.2) is 5.69 Å². The molecule has 2 aromatic rings. The number of hydrogen-bond acceptors (Lipinski definition) is 3. The molecule has 7 heteroatoms. The molecule has 1 N–H and O–H groups in total. The fourth-order valence-electron chi connectivity index (χ4n) is 3.63. The minimum absolute atomic E-state index is 0.0247. The van der Waals surface area contributed by atoms with Crippen LogP contribution in [0.5, 0.6) is 0 Å². The second kappa shape index (κ2) is 7.46. The summed E-state index contributed by atoms with van der Waals surface area (Å²) in [6, 6.07) is 5.85. The first-order valence-corrected chi connectivity index (χ1v) is 9.07. The highest BCUT2D eigenvalue weighted by Crippen LogP contribution is 2.37. The number of carbonyl (C=O) groups is 1. The van der Waals surface area contributed by atoms with E-state index < -0.39 is 18.5 Å². The molecule has 0 spiro atoms. The molecule has 0 saturated heterocycles. The lowest BCUT2D eigenvalue weighted by molar-refractivity contribution is -0.142. The summed E-state index contributed by atoms with van der Waals surface area (Å²) >= 11 is 0. The summed E-state index contributed by atoms with van der Waals surface area (Å²) in [5.41, 5.74) is 1.90. The molecule has 1 aliphatic carbocycles. The van der Waals surface area contributed by atoms with Gasteiger partial charge in [0, 0.05) is 24.1 Å². The first-order chi connectivity index (χ1) is 12.7. The summed E-state index contributed by atoms with van der Waals surface area (Å²) in [5.74, 6) is 0.507. The number of aromatic nitrogens is 2. The zero-order valence-electron chi connectivity index (χ0n) is 15.4. The summed E-state index contributed by atoms with van der Waals surface area (Å²) in [5, 5.41) is 12.7. The van der Waals surface area contributed by atoms with Crippen LogP contribution in [0.15, 0.2) is 24.4 Å². The van der Waals surface area contributed by atoms with E-state index in [0.29, 0.717) is 6.42 Å². The van der Waals surface area contributed by atoms with Gasteiger partial charge in [-0.25, -0.2) is 0 Å². The predicted molar refractivity (Wildman–Crippen MR) is 94.2 cm³/mol. The number of aryl methyl sites for hydroxylation is 1. The van der Waals surface area contributed by atoms with E-state index >= 15 is 0 Å². The number of aliphatic hydroxyl groups is 1. The van der Waals surface area contributed by atoms with Crippen molar-refractivity contribution in [2.75, 3.05) is 0 Å². The van der Waals surface area contributed by atoms with E-state index in [1.165, 1.54) is 16.4 Å². The second-order valence-electron chi connectivity index (χ2n) is 7.45. The highest BCUT2D eigenvalue weighted by Gasteiger charge is 2.37. The Balaban J connectivity index is 1.77. The van der Waals surface area contributed by atoms with E-state index in [9.17, 15) is 18.0 Å². The van der Waals surface area contributed by atoms with Crippen LogP contribution in [0.25, 0.3) is 0 Å². The van der Waals surface area contributed by atoms with Gasteiger partial charge >= 0.3 is 6.18 Å². The summed E-state index contributed by atoms with van der Waals surface area (Å²) < 4.78 is 40.1. The van der Waals surface area contributed by atoms with Crippen LogP contribution in [-0.4, -0.2) is 20.7 Å². The van der Waals surface area contributed by atoms with Crippen molar-refractivity contribution in [2.45, 2.75) is 58.4 Å². The largest absolute Gasteiger partial charge is 0.435 e. The molecular weight excluding hydrogens is 357 g/mol. The number of fused-ring (bicyclic) bond motifs is 1. The Labute approximate surface area is 156 Å². The minimum atomic E-state index is -4.59. The molecule has 1 aromatic heterocycles. The number of carbonyl (C=O) groups excluding carboxylic acids is 1. The van der Waals surface area contributed by atoms with Crippen molar-refractivity contribution in [3.63, 3.8) is 0 Å². The van der Waals surface area contributed by atoms with Crippen LogP contribution >= 0.6 is 0 Å². The maximum Gasteiger partial charge on any atom is 0.435 e. The van der Waals surface area contributed by atoms with Crippen LogP contribution in [-0.2, 0) is 30.5 Å². The molecule has 1 unspecified atom stereocenters. The van der Waals surface area contributed by atoms with E-state index in [2.05, 4.69) is 5.10 Å². The zero-order chi connectivity index (χ0) is 19.8. The fraction of sp³-hybridized carbons (Fsp3) is 0.500. The first kappa shape index (κ1) is 19.6. The monoisotopic (exact) mass is 380 g/mol. The topological polar surface area (TPSA) is 55.1 Å². The number of rotatable bonds is 6. The Morgan fingerprint density at radius 1 is 1.37 bits per heavy atom. The van der Waals surface area contributed by atoms with E-state index in [1.807, 2.05) is 32.0 Å². The molecule has 0 aliphatic heterocycles. The van der Waals surface area contributed by atoms with E-state index in [1.54, 1.807) is 0 Å². The Morgan fingerprint density at radius 2 is 2.11 bits per heavy atom. The molecule has 3 rings (SSSR count). The Bertz CT molecular complexity index is 840. The van der Waals surface area contributed by atoms with Crippen LogP contribution in [0, 0.1) is 5.92 Å². The van der Waals surface area contributed by atoms with Gasteiger partial charge < -0.3 is 5.11 Å². The van der Waals surface area contributed by atoms with Crippen molar-refractivity contribution in [1.29, 1.82) is 0 Å². The minimum Gasteiger partial charge on any atom is -0.392 e. The normalized spacial score (nSPS) is 16.8. The number of aliphatic hydroxyl groups excluding tert-OH is 1. The number of alkyl halides is 3. The second-order valence-corrected chi connectivity index (χ2v) is 7.45. The van der Waals surface area contributed by atoms with Gasteiger partial charge in [0.05, 0.1) is 13.2 Å². The molecule has 0 amide bonds. The number of benzene rings is 1. The van der Waals surface area contributed by atoms with Crippen LogP contribution < -0.4 is 0 Å². The Morgan fingerprint density at radius 3 is 2.70 bits per heavy atom. The summed E-state index contributed by atoms with van der Waals surface area (Å²) in [6.45, 7) is 3.30. The molecular formula is C20H23F3N2O2. The highest BCUT2D eigenvalue weighted by molar-refractivity contribution is 5.81. The summed E-state index contributed by atoms with van der Waals surface area (Å²) in [4.78, 5) is 12.0. The van der Waals surface area contributed by atoms with Gasteiger partial charge in [-0.1, -0.05) is 32.0 Å². The highest BCUT2D eigenvalue weighted by atomic mass is 19.4. The molecule has 1 aromatic carbocycles. The molecule has 1 aliphatic rings. The number of Topliss-reactive ketones (excluding diaryl/α,β-unsaturated/α-hetero) is 1. The third-order valence-electron chi connectivity index (χ3n) is 5.12. The van der Waals surface area contributed by atoms with Crippen molar-refractivity contribution >= 4 is 5.78 Å². The first-order valence-electron chi connectivity index (χ1n) is 9.07. The van der Waals surface area contributed by atoms with Crippen molar-refractivity contribution in [2.24, 2.45) is 5.92 Å². The van der Waals surface area contributed by atoms with E-state index in [-0.39, 0.29) is 29.7 Å². The lowest BCUT2D eigenvalue weighted by atomic mass is 9.91. The van der Waals surface area contributed by atoms with Gasteiger partial charge in [-0.15, -0.1) is 0 Å². The molecule has 0 bridgehead atoms. The number of nitrogens with zero attached hydrogens (tertiary/aromatic N) is 2. The average Bonchev–Trinajstić information content (AvgIpc) is 3.18. The van der Waals surface area contributed by atoms with Gasteiger partial charge in [-0.05, 0) is 35.4 Å². The van der Waals surface area contributed by atoms with E-state index in [0.717, 1.165) is 24.0 Å². The van der Waals surface area contributed by atoms with Gasteiger partial charge in [-0.2, -0.15) is 18.3 Å². The lowest BCUT2D eigenvalue weighted by Gasteiger charge is -2.13. The van der Waals surface area contributed by atoms with E-state index in [4.69, 9.17) is 5.11 Å². The number of ketones is 1. The molecule has 27 heavy (non-hydrogen) atoms. The SMILES string of the molecule is CC(C)C(=O)CC1CCc2cc(Cn3cc(CO)c(C(F)(F)F)n3)ccc21. The Kier molecular flexibility index (Phi) is 5.42. The quantitative estimate of drug-likeness (QED) is 0.821. The molecule has 146 valence electrons. The molecule has 0 radical (unpaired) electrons. The van der Waals surface area contributed by atoms with Gasteiger partial charge in [0.25, 0.3) is 0 Å². The predicted octanol–water partition coefficient (Wildman–Crippen LogP) is 4.09. The molecule has 4 nitrogen and oxygen atoms in total. The standard InChI is InChI=1S/C20H23F3N2O2/c1-12(2)18(27)8-15-5-4-14-7-13(3-6-17(14)15)9-25-10-16(11-26)19(24-25)20(21,22)23/h3,6-7,10,12,15,26H,4-5,8-9,11H2,1-2H3. The van der Waals surface area contributed by atoms with Crippen LogP contribution in [0.3, 0.4) is 0 Å². The molecule has 0 fully saturated rings. The number of halogens is 3. The average molecular weight is 380 g/mol. The van der Waals surface area contributed by atoms with Crippen molar-refractivity contribution in [3.8, 4) is 0 Å². The third kappa shape index (κ3) is 4.24. The van der Waals surface area contributed by atoms with Crippen molar-refractivity contribution in [1.82, 2.24) is 9.78 Å². The maximum atomic E-state index is 13.0. The van der Waals surface area contributed by atoms with Crippen LogP contribution in [0.2, 0.25) is 0 Å². The van der Waals surface area contributed by atoms with Crippen LogP contribution in [0.4, 0.5) is 13.2 Å². The number of hydrogen-bond donors (Lipinski definition) is 1. The molecule has 1 heterocycles. The summed E-state index contributed by atoms with van der Waals surface area (Å²) in [6.07, 6.45) is -1.02. The third-order valence-corrected chi connectivity index (χ3v) is 5.12. The van der Waals surface area contributed by atoms with Crippen LogP contribution in [0.1, 0.15) is 60.6 Å². The van der Waals surface area contributed by atoms with Crippen molar-refractivity contribution < 1.29 is 23.1 Å². The smallest absolute Gasteiger partial charge is 0.392 e. The van der Waals surface area contributed by atoms with Gasteiger partial charge in [0.2, 0.25) is 0 Å². The summed E-state index contributed by atoms with van der Waals surface area (Å²) in [7, 11) is 0. The molecule has 0 saturated carbocycles. The Hall–Kier alpha value is -2.15. The maximum absolute atomic E-state index is 13.0. The fourth-order valence-corrected chi connectivity index (χ4v) is 3.63.